The highest BCUT2D eigenvalue weighted by Crippen LogP contribution is 2.25. The fourth-order valence-electron chi connectivity index (χ4n) is 1.58. The highest BCUT2D eigenvalue weighted by atomic mass is 35.5. The van der Waals surface area contributed by atoms with E-state index in [1.54, 1.807) is 13.8 Å². The van der Waals surface area contributed by atoms with Gasteiger partial charge >= 0.3 is 0 Å². The van der Waals surface area contributed by atoms with Crippen molar-refractivity contribution in [2.24, 2.45) is 5.14 Å². The second-order valence-corrected chi connectivity index (χ2v) is 6.76. The van der Waals surface area contributed by atoms with Crippen LogP contribution in [-0.2, 0) is 14.8 Å². The first-order valence-corrected chi connectivity index (χ1v) is 7.89. The maximum atomic E-state index is 12.1. The van der Waals surface area contributed by atoms with Crippen LogP contribution in [0.4, 0.5) is 5.69 Å². The van der Waals surface area contributed by atoms with E-state index in [4.69, 9.17) is 16.7 Å². The van der Waals surface area contributed by atoms with E-state index in [9.17, 15) is 13.2 Å². The second kappa shape index (κ2) is 6.09. The lowest BCUT2D eigenvalue weighted by molar-refractivity contribution is -0.121. The summed E-state index contributed by atoms with van der Waals surface area (Å²) in [6, 6.07) is 3.89. The number of nitrogens with two attached hydrogens (primary N) is 1. The van der Waals surface area contributed by atoms with Gasteiger partial charge in [0.1, 0.15) is 0 Å². The lowest BCUT2D eigenvalue weighted by Gasteiger charge is -2.24. The number of primary sulfonamides is 1. The largest absolute Gasteiger partial charge is 0.323 e. The van der Waals surface area contributed by atoms with Crippen molar-refractivity contribution >= 4 is 33.2 Å². The van der Waals surface area contributed by atoms with Gasteiger partial charge in [0.15, 0.2) is 0 Å². The summed E-state index contributed by atoms with van der Waals surface area (Å²) in [7, 11) is -3.85. The molecule has 1 aromatic rings. The Morgan fingerprint density at radius 1 is 1.40 bits per heavy atom. The molecule has 0 aromatic heterocycles. The number of nitrogens with one attached hydrogen (secondary N) is 2. The van der Waals surface area contributed by atoms with Crippen molar-refractivity contribution in [3.05, 3.63) is 23.2 Å². The van der Waals surface area contributed by atoms with E-state index in [0.717, 1.165) is 0 Å². The molecule has 1 rings (SSSR count). The molecular formula is C12H18ClN3O3S. The van der Waals surface area contributed by atoms with Gasteiger partial charge in [0.2, 0.25) is 15.9 Å². The molecule has 0 unspecified atom stereocenters. The van der Waals surface area contributed by atoms with Gasteiger partial charge in [0.05, 0.1) is 21.1 Å². The summed E-state index contributed by atoms with van der Waals surface area (Å²) in [5.74, 6) is -0.326. The molecule has 0 spiro atoms. The van der Waals surface area contributed by atoms with Gasteiger partial charge in [-0.15, -0.1) is 0 Å². The lowest BCUT2D eigenvalue weighted by atomic mass is 10.0. The topological polar surface area (TPSA) is 101 Å². The molecule has 0 atom stereocenters. The zero-order valence-corrected chi connectivity index (χ0v) is 13.1. The first-order valence-electron chi connectivity index (χ1n) is 5.96. The third kappa shape index (κ3) is 4.17. The molecule has 0 saturated carbocycles. The molecule has 4 N–H and O–H groups in total. The zero-order chi connectivity index (χ0) is 15.6. The van der Waals surface area contributed by atoms with E-state index >= 15 is 0 Å². The van der Waals surface area contributed by atoms with Gasteiger partial charge < -0.3 is 10.6 Å². The number of amides is 1. The number of sulfonamides is 1. The van der Waals surface area contributed by atoms with E-state index in [2.05, 4.69) is 10.6 Å². The van der Waals surface area contributed by atoms with Crippen molar-refractivity contribution in [2.75, 3.05) is 11.9 Å². The van der Waals surface area contributed by atoms with Crippen molar-refractivity contribution < 1.29 is 13.2 Å². The molecule has 1 aromatic carbocycles. The first kappa shape index (κ1) is 16.9. The number of carbonyl (C=O) groups excluding carboxylic acids is 1. The second-order valence-electron chi connectivity index (χ2n) is 4.80. The standard InChI is InChI=1S/C12H18ClN3O3S/c1-4-15-12(2,3)11(17)16-10-7-8(20(14,18)19)5-6-9(10)13/h5-7,15H,4H2,1-3H3,(H,16,17)(H2,14,18,19). The average molecular weight is 320 g/mol. The summed E-state index contributed by atoms with van der Waals surface area (Å²) < 4.78 is 22.6. The predicted octanol–water partition coefficient (Wildman–Crippen LogP) is 1.31. The Morgan fingerprint density at radius 3 is 2.50 bits per heavy atom. The van der Waals surface area contributed by atoms with Crippen LogP contribution >= 0.6 is 11.6 Å². The normalized spacial score (nSPS) is 12.2. The molecule has 20 heavy (non-hydrogen) atoms. The molecule has 0 bridgehead atoms. The van der Waals surface area contributed by atoms with Crippen LogP contribution in [0.25, 0.3) is 0 Å². The number of halogens is 1. The molecule has 0 fully saturated rings. The third-order valence-electron chi connectivity index (χ3n) is 2.70. The van der Waals surface area contributed by atoms with Crippen molar-refractivity contribution in [1.29, 1.82) is 0 Å². The van der Waals surface area contributed by atoms with E-state index in [0.29, 0.717) is 6.54 Å². The van der Waals surface area contributed by atoms with Crippen LogP contribution in [0.1, 0.15) is 20.8 Å². The number of likely N-dealkylation sites (N-methyl/N-ethyl adjacent to an activating group) is 1. The number of benzene rings is 1. The fraction of sp³-hybridized carbons (Fsp3) is 0.417. The Balaban J connectivity index is 3.07. The summed E-state index contributed by atoms with van der Waals surface area (Å²) in [6.07, 6.45) is 0. The number of anilines is 1. The van der Waals surface area contributed by atoms with Crippen LogP contribution in [0.3, 0.4) is 0 Å². The number of hydrogen-bond donors (Lipinski definition) is 3. The van der Waals surface area contributed by atoms with Crippen molar-refractivity contribution in [3.8, 4) is 0 Å². The average Bonchev–Trinajstić information content (AvgIpc) is 2.30. The van der Waals surface area contributed by atoms with Gasteiger partial charge in [-0.05, 0) is 38.6 Å². The Labute approximate surface area is 123 Å². The SMILES string of the molecule is CCNC(C)(C)C(=O)Nc1cc(S(N)(=O)=O)ccc1Cl. The summed E-state index contributed by atoms with van der Waals surface area (Å²) in [5, 5.41) is 10.9. The van der Waals surface area contributed by atoms with E-state index in [-0.39, 0.29) is 21.5 Å². The number of hydrogen-bond acceptors (Lipinski definition) is 4. The van der Waals surface area contributed by atoms with Crippen LogP contribution < -0.4 is 15.8 Å². The third-order valence-corrected chi connectivity index (χ3v) is 3.94. The van der Waals surface area contributed by atoms with Crippen LogP contribution in [0.2, 0.25) is 5.02 Å². The van der Waals surface area contributed by atoms with Gasteiger partial charge in [-0.1, -0.05) is 18.5 Å². The van der Waals surface area contributed by atoms with E-state index in [1.165, 1.54) is 18.2 Å². The number of carbonyl (C=O) groups is 1. The summed E-state index contributed by atoms with van der Waals surface area (Å²) >= 11 is 5.95. The van der Waals surface area contributed by atoms with Gasteiger partial charge in [0.25, 0.3) is 0 Å². The molecule has 112 valence electrons. The minimum Gasteiger partial charge on any atom is -0.323 e. The highest BCUT2D eigenvalue weighted by Gasteiger charge is 2.27. The van der Waals surface area contributed by atoms with Gasteiger partial charge in [-0.3, -0.25) is 4.79 Å². The zero-order valence-electron chi connectivity index (χ0n) is 11.5. The Morgan fingerprint density at radius 2 is 2.00 bits per heavy atom. The predicted molar refractivity (Wildman–Crippen MR) is 79.2 cm³/mol. The molecule has 0 aliphatic heterocycles. The van der Waals surface area contributed by atoms with E-state index in [1.807, 2.05) is 6.92 Å². The molecule has 1 amide bonds. The van der Waals surface area contributed by atoms with Crippen molar-refractivity contribution in [2.45, 2.75) is 31.2 Å². The van der Waals surface area contributed by atoms with E-state index < -0.39 is 15.6 Å². The minimum absolute atomic E-state index is 0.113. The van der Waals surface area contributed by atoms with Gasteiger partial charge in [0, 0.05) is 0 Å². The van der Waals surface area contributed by atoms with Crippen LogP contribution in [-0.4, -0.2) is 26.4 Å². The quantitative estimate of drug-likeness (QED) is 0.761. The van der Waals surface area contributed by atoms with Crippen LogP contribution in [0, 0.1) is 0 Å². The fourth-order valence-corrected chi connectivity index (χ4v) is 2.28. The minimum atomic E-state index is -3.85. The molecule has 0 heterocycles. The Bertz CT molecular complexity index is 614. The Hall–Kier alpha value is -1.15. The molecule has 8 heteroatoms. The lowest BCUT2D eigenvalue weighted by Crippen LogP contribution is -2.49. The molecule has 0 radical (unpaired) electrons. The molecule has 6 nitrogen and oxygen atoms in total. The molecule has 0 aliphatic carbocycles. The van der Waals surface area contributed by atoms with Crippen LogP contribution in [0.5, 0.6) is 0 Å². The van der Waals surface area contributed by atoms with Crippen LogP contribution in [0.15, 0.2) is 23.1 Å². The first-order chi connectivity index (χ1) is 9.08. The molecule has 0 saturated heterocycles. The summed E-state index contributed by atoms with van der Waals surface area (Å²) in [6.45, 7) is 5.92. The maximum absolute atomic E-state index is 12.1. The monoisotopic (exact) mass is 319 g/mol. The Kier molecular flexibility index (Phi) is 5.15. The highest BCUT2D eigenvalue weighted by molar-refractivity contribution is 7.89. The van der Waals surface area contributed by atoms with Gasteiger partial charge in [-0.2, -0.15) is 0 Å². The smallest absolute Gasteiger partial charge is 0.244 e. The van der Waals surface area contributed by atoms with Gasteiger partial charge in [-0.25, -0.2) is 13.6 Å². The number of rotatable bonds is 5. The van der Waals surface area contributed by atoms with Crippen molar-refractivity contribution in [3.63, 3.8) is 0 Å². The van der Waals surface area contributed by atoms with Crippen molar-refractivity contribution in [1.82, 2.24) is 5.32 Å². The summed E-state index contributed by atoms with van der Waals surface area (Å²) in [5.41, 5.74) is -0.607. The molecule has 0 aliphatic rings. The molecular weight excluding hydrogens is 302 g/mol. The summed E-state index contributed by atoms with van der Waals surface area (Å²) in [4.78, 5) is 12.0. The maximum Gasteiger partial charge on any atom is 0.244 e.